The van der Waals surface area contributed by atoms with Crippen LogP contribution in [-0.4, -0.2) is 119 Å². The molecule has 2 fully saturated rings. The van der Waals surface area contributed by atoms with Crippen LogP contribution in [0.2, 0.25) is 0 Å². The van der Waals surface area contributed by atoms with Crippen molar-refractivity contribution in [1.82, 2.24) is 4.90 Å². The molecule has 298 valence electrons. The molecule has 2 heterocycles. The summed E-state index contributed by atoms with van der Waals surface area (Å²) in [6.45, 7) is 16.6. The largest absolute Gasteiger partial charge is 0.447 e. The lowest BCUT2D eigenvalue weighted by molar-refractivity contribution is -0.323. The zero-order valence-electron chi connectivity index (χ0n) is 32.8. The van der Waals surface area contributed by atoms with Crippen molar-refractivity contribution in [2.45, 2.75) is 180 Å². The van der Waals surface area contributed by atoms with Gasteiger partial charge >= 0.3 is 6.09 Å². The highest BCUT2D eigenvalue weighted by molar-refractivity contribution is 5.67. The van der Waals surface area contributed by atoms with E-state index in [1.165, 1.54) is 0 Å². The molecule has 13 nitrogen and oxygen atoms in total. The Morgan fingerprint density at radius 2 is 1.29 bits per heavy atom. The van der Waals surface area contributed by atoms with E-state index in [9.17, 15) is 10.3 Å². The van der Waals surface area contributed by atoms with Crippen LogP contribution in [0.4, 0.5) is 4.79 Å². The molecular weight excluding hydrogens is 656 g/mol. The average Bonchev–Trinajstić information content (AvgIpc) is 3.15. The summed E-state index contributed by atoms with van der Waals surface area (Å²) in [5.74, 6) is 0. The highest BCUT2D eigenvalue weighted by atomic mass is 16.7. The Kier molecular flexibility index (Phi) is 25.6. The van der Waals surface area contributed by atoms with Gasteiger partial charge in [-0.3, -0.25) is 0 Å². The van der Waals surface area contributed by atoms with Gasteiger partial charge in [-0.25, -0.2) is 4.79 Å². The molecule has 1 amide bonds. The van der Waals surface area contributed by atoms with Crippen LogP contribution in [0.5, 0.6) is 0 Å². The molecule has 0 N–H and O–H groups in total. The van der Waals surface area contributed by atoms with Crippen molar-refractivity contribution >= 4 is 6.09 Å². The van der Waals surface area contributed by atoms with Crippen molar-refractivity contribution in [2.24, 2.45) is 5.11 Å². The van der Waals surface area contributed by atoms with Gasteiger partial charge in [0.15, 0.2) is 6.29 Å². The predicted octanol–water partition coefficient (Wildman–Crippen LogP) is 8.37. The molecule has 0 spiro atoms. The number of piperidine rings is 1. The number of amides is 1. The fraction of sp³-hybridized carbons (Fsp3) is 0.974. The van der Waals surface area contributed by atoms with Crippen LogP contribution in [0.15, 0.2) is 5.11 Å². The molecular formula is C38H72N4O9. The summed E-state index contributed by atoms with van der Waals surface area (Å²) in [5.41, 5.74) is 9.69. The van der Waals surface area contributed by atoms with E-state index in [1.54, 1.807) is 4.90 Å². The number of carbonyl (C=O) groups excluding carboxylic acids is 1. The van der Waals surface area contributed by atoms with Crippen molar-refractivity contribution in [3.63, 3.8) is 0 Å². The Balaban J connectivity index is 2.43. The van der Waals surface area contributed by atoms with Crippen LogP contribution in [0.3, 0.4) is 0 Å². The van der Waals surface area contributed by atoms with Crippen LogP contribution in [-0.2, 0) is 37.9 Å². The first-order chi connectivity index (χ1) is 25.0. The number of ether oxygens (including phenoxy) is 8. The van der Waals surface area contributed by atoms with Gasteiger partial charge in [0.1, 0.15) is 31.0 Å². The maximum atomic E-state index is 13.1. The maximum Gasteiger partial charge on any atom is 0.409 e. The van der Waals surface area contributed by atoms with E-state index in [2.05, 4.69) is 51.6 Å². The van der Waals surface area contributed by atoms with Gasteiger partial charge in [0.2, 0.25) is 0 Å². The molecule has 13 heteroatoms. The van der Waals surface area contributed by atoms with E-state index in [0.29, 0.717) is 52.5 Å². The molecule has 0 bridgehead atoms. The molecule has 0 aromatic carbocycles. The second-order valence-electron chi connectivity index (χ2n) is 13.7. The SMILES string of the molecule is CCCCOC1[C@@H](OC[C@H](N=[N+]=[N-])[C@H](OCCCC)[C@@H](CC)OCCCC)OC(COC(=O)N2CCCCC2)[C@H](OCCCC)[C@@H]1OCCCC. The highest BCUT2D eigenvalue weighted by Crippen LogP contribution is 2.31. The van der Waals surface area contributed by atoms with Gasteiger partial charge in [-0.05, 0) is 63.3 Å². The molecule has 0 aromatic heterocycles. The minimum Gasteiger partial charge on any atom is -0.447 e. The number of likely N-dealkylation sites (tertiary alicyclic amines) is 1. The number of hydrogen-bond donors (Lipinski definition) is 0. The Labute approximate surface area is 308 Å². The monoisotopic (exact) mass is 729 g/mol. The lowest BCUT2D eigenvalue weighted by Crippen LogP contribution is -2.62. The van der Waals surface area contributed by atoms with Crippen molar-refractivity contribution in [2.75, 3.05) is 59.3 Å². The Morgan fingerprint density at radius 3 is 1.86 bits per heavy atom. The lowest BCUT2D eigenvalue weighted by atomic mass is 9.97. The number of hydrogen-bond acceptors (Lipinski definition) is 10. The minimum atomic E-state index is -0.910. The van der Waals surface area contributed by atoms with Crippen molar-refractivity contribution in [3.8, 4) is 0 Å². The third-order valence-corrected chi connectivity index (χ3v) is 9.42. The molecule has 51 heavy (non-hydrogen) atoms. The number of rotatable bonds is 29. The second kappa shape index (κ2) is 28.8. The number of azide groups is 1. The number of unbranched alkanes of at least 4 members (excludes halogenated alkanes) is 5. The van der Waals surface area contributed by atoms with E-state index >= 15 is 0 Å². The van der Waals surface area contributed by atoms with Gasteiger partial charge in [0, 0.05) is 51.0 Å². The van der Waals surface area contributed by atoms with Gasteiger partial charge in [-0.15, -0.1) is 0 Å². The molecule has 8 atom stereocenters. The zero-order valence-corrected chi connectivity index (χ0v) is 32.8. The van der Waals surface area contributed by atoms with Gasteiger partial charge in [-0.1, -0.05) is 78.8 Å². The third kappa shape index (κ3) is 16.9. The van der Waals surface area contributed by atoms with Gasteiger partial charge in [0.25, 0.3) is 0 Å². The van der Waals surface area contributed by atoms with E-state index in [1.807, 2.05) is 0 Å². The summed E-state index contributed by atoms with van der Waals surface area (Å²) < 4.78 is 51.4. The van der Waals surface area contributed by atoms with Gasteiger partial charge in [0.05, 0.1) is 24.9 Å². The summed E-state index contributed by atoms with van der Waals surface area (Å²) >= 11 is 0. The van der Waals surface area contributed by atoms with E-state index in [-0.39, 0.29) is 25.4 Å². The molecule has 2 aliphatic heterocycles. The van der Waals surface area contributed by atoms with Gasteiger partial charge < -0.3 is 42.8 Å². The Hall–Kier alpha value is -1.70. The topological polar surface area (TPSA) is 143 Å². The van der Waals surface area contributed by atoms with E-state index in [4.69, 9.17) is 37.9 Å². The number of nitrogens with zero attached hydrogens (tertiary/aromatic N) is 4. The normalized spacial score (nSPS) is 24.1. The van der Waals surface area contributed by atoms with Crippen LogP contribution in [0.1, 0.15) is 131 Å². The third-order valence-electron chi connectivity index (χ3n) is 9.42. The predicted molar refractivity (Wildman–Crippen MR) is 198 cm³/mol. The first kappa shape index (κ1) is 45.5. The Bertz CT molecular complexity index is 922. The standard InChI is InChI=1S/C38H72N4O9/c1-7-13-23-44-31(12-6)33(45-24-14-8-2)30(40-41-39)28-49-37-36(48-27-17-11-5)35(47-26-16-10-4)34(46-25-15-9-3)32(51-37)29-50-38(43)42-21-19-18-20-22-42/h30-37H,7-29H2,1-6H3/t30-,31+,32?,33-,34-,35-,36?,37-/m0/s1. The summed E-state index contributed by atoms with van der Waals surface area (Å²) in [6, 6.07) is -0.688. The molecule has 0 aromatic rings. The van der Waals surface area contributed by atoms with E-state index < -0.39 is 42.9 Å². The molecule has 2 rings (SSSR count). The highest BCUT2D eigenvalue weighted by Gasteiger charge is 2.49. The number of carbonyl (C=O) groups is 1. The fourth-order valence-corrected chi connectivity index (χ4v) is 6.23. The maximum absolute atomic E-state index is 13.1. The molecule has 0 saturated carbocycles. The Morgan fingerprint density at radius 1 is 0.745 bits per heavy atom. The summed E-state index contributed by atoms with van der Waals surface area (Å²) in [5, 5.41) is 4.18. The zero-order chi connectivity index (χ0) is 37.1. The van der Waals surface area contributed by atoms with Crippen LogP contribution < -0.4 is 0 Å². The summed E-state index contributed by atoms with van der Waals surface area (Å²) in [6.07, 6.45) is 8.55. The summed E-state index contributed by atoms with van der Waals surface area (Å²) in [7, 11) is 0. The smallest absolute Gasteiger partial charge is 0.409 e. The van der Waals surface area contributed by atoms with Crippen LogP contribution in [0, 0.1) is 0 Å². The molecule has 2 unspecified atom stereocenters. The van der Waals surface area contributed by atoms with Crippen molar-refractivity contribution < 1.29 is 42.7 Å². The second-order valence-corrected chi connectivity index (χ2v) is 13.7. The minimum absolute atomic E-state index is 0.0100. The lowest BCUT2D eigenvalue weighted by Gasteiger charge is -2.46. The quantitative estimate of drug-likeness (QED) is 0.0321. The van der Waals surface area contributed by atoms with Crippen LogP contribution >= 0.6 is 0 Å². The average molecular weight is 729 g/mol. The first-order valence-electron chi connectivity index (χ1n) is 20.3. The van der Waals surface area contributed by atoms with Gasteiger partial charge in [-0.2, -0.15) is 0 Å². The van der Waals surface area contributed by atoms with Crippen molar-refractivity contribution in [3.05, 3.63) is 10.4 Å². The molecule has 0 aliphatic carbocycles. The van der Waals surface area contributed by atoms with E-state index in [0.717, 1.165) is 83.5 Å². The summed E-state index contributed by atoms with van der Waals surface area (Å²) in [4.78, 5) is 18.1. The fourth-order valence-electron chi connectivity index (χ4n) is 6.23. The molecule has 2 aliphatic rings. The van der Waals surface area contributed by atoms with Crippen molar-refractivity contribution in [1.29, 1.82) is 0 Å². The molecule has 0 radical (unpaired) electrons. The van der Waals surface area contributed by atoms with Crippen LogP contribution in [0.25, 0.3) is 10.4 Å². The molecule has 2 saturated heterocycles. The first-order valence-corrected chi connectivity index (χ1v) is 20.3.